The average Bonchev–Trinajstić information content (AvgIpc) is 2.49. The highest BCUT2D eigenvalue weighted by atomic mass is 32.2. The number of nitrogens with one attached hydrogen (secondary N) is 1. The van der Waals surface area contributed by atoms with Crippen molar-refractivity contribution < 1.29 is 8.76 Å². The first-order valence-electron chi connectivity index (χ1n) is 4.62. The predicted octanol–water partition coefficient (Wildman–Crippen LogP) is 1.37. The Hall–Kier alpha value is -0.710. The third-order valence-corrected chi connectivity index (χ3v) is 3.18. The predicted molar refractivity (Wildman–Crippen MR) is 54.3 cm³/mol. The van der Waals surface area contributed by atoms with Crippen molar-refractivity contribution >= 4 is 11.3 Å². The molecule has 1 aromatic carbocycles. The highest BCUT2D eigenvalue weighted by Gasteiger charge is 2.23. The first-order valence-corrected chi connectivity index (χ1v) is 5.70. The first kappa shape index (κ1) is 9.83. The molecule has 0 saturated carbocycles. The molecule has 2 unspecified atom stereocenters. The molecule has 14 heavy (non-hydrogen) atoms. The topological polar surface area (TPSA) is 52.2 Å². The number of rotatable bonds is 2. The molecule has 1 aromatic rings. The van der Waals surface area contributed by atoms with Crippen molar-refractivity contribution in [2.24, 2.45) is 0 Å². The van der Waals surface area contributed by atoms with Gasteiger partial charge in [0.25, 0.3) is 0 Å². The van der Waals surface area contributed by atoms with E-state index in [0.717, 1.165) is 18.4 Å². The van der Waals surface area contributed by atoms with Crippen molar-refractivity contribution in [3.8, 4) is 0 Å². The van der Waals surface area contributed by atoms with E-state index in [-0.39, 0.29) is 6.04 Å². The Morgan fingerprint density at radius 1 is 1.57 bits per heavy atom. The molecule has 2 rings (SSSR count). The quantitative estimate of drug-likeness (QED) is 0.749. The molecule has 0 aromatic heterocycles. The molecule has 1 N–H and O–H groups in total. The van der Waals surface area contributed by atoms with E-state index in [1.165, 1.54) is 11.1 Å². The molecule has 76 valence electrons. The summed E-state index contributed by atoms with van der Waals surface area (Å²) in [5, 5.41) is 0. The fourth-order valence-electron chi connectivity index (χ4n) is 2.14. The van der Waals surface area contributed by atoms with E-state index in [1.807, 2.05) is 19.1 Å². The largest absolute Gasteiger partial charge is 0.760 e. The normalized spacial score (nSPS) is 22.0. The number of hydrogen-bond acceptors (Lipinski definition) is 2. The zero-order valence-electron chi connectivity index (χ0n) is 7.95. The van der Waals surface area contributed by atoms with Gasteiger partial charge in [-0.2, -0.15) is 0 Å². The minimum absolute atomic E-state index is 0.0236. The van der Waals surface area contributed by atoms with Crippen LogP contribution in [0.4, 0.5) is 0 Å². The second-order valence-corrected chi connectivity index (χ2v) is 4.30. The number of hydrogen-bond donors (Lipinski definition) is 1. The van der Waals surface area contributed by atoms with Gasteiger partial charge in [0.2, 0.25) is 0 Å². The minimum Gasteiger partial charge on any atom is -0.760 e. The third kappa shape index (κ3) is 1.73. The van der Waals surface area contributed by atoms with Gasteiger partial charge in [0.1, 0.15) is 0 Å². The molecule has 0 aliphatic heterocycles. The van der Waals surface area contributed by atoms with E-state index >= 15 is 0 Å². The highest BCUT2D eigenvalue weighted by molar-refractivity contribution is 7.77. The number of aryl methyl sites for hydroxylation is 2. The van der Waals surface area contributed by atoms with E-state index in [9.17, 15) is 8.76 Å². The van der Waals surface area contributed by atoms with Crippen LogP contribution in [0.3, 0.4) is 0 Å². The zero-order chi connectivity index (χ0) is 10.1. The molecule has 0 spiro atoms. The van der Waals surface area contributed by atoms with E-state index < -0.39 is 11.3 Å². The molecule has 0 amide bonds. The van der Waals surface area contributed by atoms with Crippen molar-refractivity contribution in [3.05, 3.63) is 34.9 Å². The highest BCUT2D eigenvalue weighted by Crippen LogP contribution is 2.33. The van der Waals surface area contributed by atoms with Crippen molar-refractivity contribution in [2.75, 3.05) is 0 Å². The van der Waals surface area contributed by atoms with Gasteiger partial charge in [-0.25, -0.2) is 4.72 Å². The lowest BCUT2D eigenvalue weighted by Crippen LogP contribution is -2.21. The van der Waals surface area contributed by atoms with Gasteiger partial charge in [0, 0.05) is 17.3 Å². The smallest absolute Gasteiger partial charge is 0.0442 e. The van der Waals surface area contributed by atoms with Gasteiger partial charge in [0.15, 0.2) is 0 Å². The molecule has 4 heteroatoms. The lowest BCUT2D eigenvalue weighted by atomic mass is 10.0. The maximum atomic E-state index is 10.6. The van der Waals surface area contributed by atoms with E-state index in [0.29, 0.717) is 0 Å². The Labute approximate surface area is 85.9 Å². The fraction of sp³-hybridized carbons (Fsp3) is 0.400. The van der Waals surface area contributed by atoms with Crippen LogP contribution in [0.15, 0.2) is 18.2 Å². The lowest BCUT2D eigenvalue weighted by Gasteiger charge is -2.17. The fourth-order valence-corrected chi connectivity index (χ4v) is 2.60. The van der Waals surface area contributed by atoms with Gasteiger partial charge in [-0.15, -0.1) is 0 Å². The summed E-state index contributed by atoms with van der Waals surface area (Å²) in [6.07, 6.45) is 1.83. The van der Waals surface area contributed by atoms with Crippen molar-refractivity contribution in [1.82, 2.24) is 4.72 Å². The maximum absolute atomic E-state index is 10.6. The summed E-state index contributed by atoms with van der Waals surface area (Å²) in [5.41, 5.74) is 3.60. The van der Waals surface area contributed by atoms with Gasteiger partial charge < -0.3 is 4.55 Å². The van der Waals surface area contributed by atoms with E-state index in [1.54, 1.807) is 0 Å². The SMILES string of the molecule is Cc1cccc2c1C(NS(=O)[O-])CC2. The Morgan fingerprint density at radius 3 is 3.07 bits per heavy atom. The average molecular weight is 210 g/mol. The van der Waals surface area contributed by atoms with Gasteiger partial charge in [-0.05, 0) is 36.5 Å². The minimum atomic E-state index is -2.17. The maximum Gasteiger partial charge on any atom is 0.0442 e. The van der Waals surface area contributed by atoms with Crippen LogP contribution in [-0.2, 0) is 17.7 Å². The van der Waals surface area contributed by atoms with Gasteiger partial charge in [-0.3, -0.25) is 4.21 Å². The van der Waals surface area contributed by atoms with Crippen LogP contribution < -0.4 is 4.72 Å². The Bertz CT molecular complexity index is 378. The third-order valence-electron chi connectivity index (χ3n) is 2.70. The van der Waals surface area contributed by atoms with Crippen LogP contribution in [0.1, 0.15) is 29.2 Å². The Kier molecular flexibility index (Phi) is 2.67. The summed E-state index contributed by atoms with van der Waals surface area (Å²) >= 11 is -2.17. The van der Waals surface area contributed by atoms with Crippen LogP contribution in [0.5, 0.6) is 0 Å². The summed E-state index contributed by atoms with van der Waals surface area (Å²) in [7, 11) is 0. The van der Waals surface area contributed by atoms with Crippen LogP contribution in [0, 0.1) is 6.92 Å². The van der Waals surface area contributed by atoms with Gasteiger partial charge in [0.05, 0.1) is 0 Å². The molecular weight excluding hydrogens is 198 g/mol. The molecule has 0 fully saturated rings. The number of fused-ring (bicyclic) bond motifs is 1. The second kappa shape index (κ2) is 3.81. The van der Waals surface area contributed by atoms with Crippen molar-refractivity contribution in [1.29, 1.82) is 0 Å². The number of benzene rings is 1. The summed E-state index contributed by atoms with van der Waals surface area (Å²) in [5.74, 6) is 0. The molecule has 3 nitrogen and oxygen atoms in total. The summed E-state index contributed by atoms with van der Waals surface area (Å²) < 4.78 is 23.7. The molecule has 0 radical (unpaired) electrons. The van der Waals surface area contributed by atoms with Crippen LogP contribution >= 0.6 is 0 Å². The van der Waals surface area contributed by atoms with E-state index in [2.05, 4.69) is 10.8 Å². The second-order valence-electron chi connectivity index (χ2n) is 3.59. The Balaban J connectivity index is 2.33. The van der Waals surface area contributed by atoms with Crippen LogP contribution in [-0.4, -0.2) is 8.76 Å². The van der Waals surface area contributed by atoms with Crippen molar-refractivity contribution in [2.45, 2.75) is 25.8 Å². The molecule has 1 aliphatic rings. The summed E-state index contributed by atoms with van der Waals surface area (Å²) in [4.78, 5) is 0. The van der Waals surface area contributed by atoms with Crippen LogP contribution in [0.2, 0.25) is 0 Å². The standard InChI is InChI=1S/C10H13NO2S/c1-7-3-2-4-8-5-6-9(10(7)8)11-14(12)13/h2-4,9,11H,5-6H2,1H3,(H,12,13)/p-1. The molecule has 0 saturated heterocycles. The lowest BCUT2D eigenvalue weighted by molar-refractivity contribution is 0.504. The first-order chi connectivity index (χ1) is 6.68. The summed E-state index contributed by atoms with van der Waals surface area (Å²) in [6.45, 7) is 2.02. The van der Waals surface area contributed by atoms with Crippen molar-refractivity contribution in [3.63, 3.8) is 0 Å². The van der Waals surface area contributed by atoms with Gasteiger partial charge >= 0.3 is 0 Å². The van der Waals surface area contributed by atoms with Gasteiger partial charge in [-0.1, -0.05) is 18.2 Å². The van der Waals surface area contributed by atoms with Crippen LogP contribution in [0.25, 0.3) is 0 Å². The van der Waals surface area contributed by atoms with E-state index in [4.69, 9.17) is 0 Å². The Morgan fingerprint density at radius 2 is 2.36 bits per heavy atom. The zero-order valence-corrected chi connectivity index (χ0v) is 8.76. The molecule has 1 aliphatic carbocycles. The molecule has 0 bridgehead atoms. The molecular formula is C10H12NO2S-. The summed E-state index contributed by atoms with van der Waals surface area (Å²) in [6, 6.07) is 6.08. The molecule has 0 heterocycles. The molecule has 2 atom stereocenters. The monoisotopic (exact) mass is 210 g/mol.